The lowest BCUT2D eigenvalue weighted by Gasteiger charge is -2.12. The summed E-state index contributed by atoms with van der Waals surface area (Å²) in [4.78, 5) is 12.0. The standard InChI is InChI=1S/C13H17ClN2O3S/c1-7-4-8(20(15,18)19)5-10(14)11(7)16-12(17)9-6-13(9,2)3/h4-5,9H,6H2,1-3H3,(H,16,17)(H2,15,18,19). The number of rotatable bonds is 3. The molecule has 1 saturated carbocycles. The van der Waals surface area contributed by atoms with Crippen molar-refractivity contribution in [1.29, 1.82) is 0 Å². The van der Waals surface area contributed by atoms with Crippen LogP contribution in [0.5, 0.6) is 0 Å². The molecule has 0 aliphatic heterocycles. The molecule has 1 aromatic rings. The van der Waals surface area contributed by atoms with Gasteiger partial charge in [-0.1, -0.05) is 25.4 Å². The average molecular weight is 317 g/mol. The Labute approximate surface area is 123 Å². The number of primary sulfonamides is 1. The lowest BCUT2D eigenvalue weighted by molar-refractivity contribution is -0.118. The van der Waals surface area contributed by atoms with E-state index in [2.05, 4.69) is 5.32 Å². The molecule has 1 fully saturated rings. The zero-order valence-corrected chi connectivity index (χ0v) is 13.1. The number of carbonyl (C=O) groups excluding carboxylic acids is 1. The minimum atomic E-state index is -3.81. The van der Waals surface area contributed by atoms with E-state index in [1.807, 2.05) is 13.8 Å². The summed E-state index contributed by atoms with van der Waals surface area (Å²) in [7, 11) is -3.81. The largest absolute Gasteiger partial charge is 0.324 e. The summed E-state index contributed by atoms with van der Waals surface area (Å²) in [5.41, 5.74) is 1.02. The van der Waals surface area contributed by atoms with Crippen LogP contribution in [0.25, 0.3) is 0 Å². The van der Waals surface area contributed by atoms with E-state index in [0.717, 1.165) is 6.42 Å². The van der Waals surface area contributed by atoms with Crippen LogP contribution in [0, 0.1) is 18.3 Å². The highest BCUT2D eigenvalue weighted by Gasteiger charge is 2.50. The van der Waals surface area contributed by atoms with E-state index < -0.39 is 10.0 Å². The number of amides is 1. The molecule has 7 heteroatoms. The van der Waals surface area contributed by atoms with Gasteiger partial charge in [-0.15, -0.1) is 0 Å². The monoisotopic (exact) mass is 316 g/mol. The Balaban J connectivity index is 2.28. The highest BCUT2D eigenvalue weighted by molar-refractivity contribution is 7.89. The lowest BCUT2D eigenvalue weighted by Crippen LogP contribution is -2.18. The molecule has 1 aromatic carbocycles. The number of hydrogen-bond acceptors (Lipinski definition) is 3. The van der Waals surface area contributed by atoms with Gasteiger partial charge >= 0.3 is 0 Å². The van der Waals surface area contributed by atoms with Gasteiger partial charge in [0.25, 0.3) is 0 Å². The number of nitrogens with two attached hydrogens (primary N) is 1. The molecule has 0 radical (unpaired) electrons. The predicted molar refractivity (Wildman–Crippen MR) is 78.1 cm³/mol. The number of nitrogens with one attached hydrogen (secondary N) is 1. The lowest BCUT2D eigenvalue weighted by atomic mass is 10.1. The Kier molecular flexibility index (Phi) is 3.60. The minimum absolute atomic E-state index is 0.0189. The van der Waals surface area contributed by atoms with E-state index in [4.69, 9.17) is 16.7 Å². The Bertz CT molecular complexity index is 660. The molecule has 0 heterocycles. The fourth-order valence-corrected chi connectivity index (χ4v) is 3.16. The number of benzene rings is 1. The van der Waals surface area contributed by atoms with Gasteiger partial charge in [0.2, 0.25) is 15.9 Å². The van der Waals surface area contributed by atoms with E-state index in [9.17, 15) is 13.2 Å². The van der Waals surface area contributed by atoms with Crippen molar-refractivity contribution in [3.8, 4) is 0 Å². The highest BCUT2D eigenvalue weighted by Crippen LogP contribution is 2.52. The van der Waals surface area contributed by atoms with Crippen LogP contribution in [0.3, 0.4) is 0 Å². The Hall–Kier alpha value is -1.11. The van der Waals surface area contributed by atoms with Crippen LogP contribution < -0.4 is 10.5 Å². The third-order valence-corrected chi connectivity index (χ3v) is 4.86. The molecular formula is C13H17ClN2O3S. The Morgan fingerprint density at radius 2 is 2.00 bits per heavy atom. The summed E-state index contributed by atoms with van der Waals surface area (Å²) < 4.78 is 22.6. The first-order chi connectivity index (χ1) is 9.02. The van der Waals surface area contributed by atoms with E-state index in [1.165, 1.54) is 12.1 Å². The van der Waals surface area contributed by atoms with Crippen molar-refractivity contribution in [2.24, 2.45) is 16.5 Å². The van der Waals surface area contributed by atoms with Crippen molar-refractivity contribution in [2.45, 2.75) is 32.1 Å². The van der Waals surface area contributed by atoms with Gasteiger partial charge in [0.15, 0.2) is 0 Å². The average Bonchev–Trinajstić information content (AvgIpc) is 2.91. The van der Waals surface area contributed by atoms with Crippen molar-refractivity contribution in [2.75, 3.05) is 5.32 Å². The first-order valence-corrected chi connectivity index (χ1v) is 8.08. The molecule has 1 atom stereocenters. The molecule has 110 valence electrons. The number of sulfonamides is 1. The van der Waals surface area contributed by atoms with E-state index >= 15 is 0 Å². The number of halogens is 1. The van der Waals surface area contributed by atoms with E-state index in [0.29, 0.717) is 11.3 Å². The maximum atomic E-state index is 12.1. The fraction of sp³-hybridized carbons (Fsp3) is 0.462. The molecule has 0 saturated heterocycles. The summed E-state index contributed by atoms with van der Waals surface area (Å²) in [5.74, 6) is -0.126. The summed E-state index contributed by atoms with van der Waals surface area (Å²) >= 11 is 6.05. The smallest absolute Gasteiger partial charge is 0.238 e. The van der Waals surface area contributed by atoms with Crippen LogP contribution in [0.4, 0.5) is 5.69 Å². The third-order valence-electron chi connectivity index (χ3n) is 3.67. The van der Waals surface area contributed by atoms with Crippen molar-refractivity contribution in [3.05, 3.63) is 22.7 Å². The third kappa shape index (κ3) is 2.97. The van der Waals surface area contributed by atoms with Gasteiger partial charge < -0.3 is 5.32 Å². The second-order valence-electron chi connectivity index (χ2n) is 5.88. The Morgan fingerprint density at radius 1 is 1.45 bits per heavy atom. The molecule has 5 nitrogen and oxygen atoms in total. The fourth-order valence-electron chi connectivity index (χ4n) is 2.16. The number of anilines is 1. The summed E-state index contributed by atoms with van der Waals surface area (Å²) in [6.45, 7) is 5.72. The molecule has 1 aliphatic carbocycles. The van der Waals surface area contributed by atoms with Crippen LogP contribution >= 0.6 is 11.6 Å². The zero-order chi connectivity index (χ0) is 15.3. The number of aryl methyl sites for hydroxylation is 1. The molecule has 1 aliphatic rings. The molecule has 20 heavy (non-hydrogen) atoms. The number of hydrogen-bond donors (Lipinski definition) is 2. The van der Waals surface area contributed by atoms with Gasteiger partial charge in [0.1, 0.15) is 0 Å². The Morgan fingerprint density at radius 3 is 2.40 bits per heavy atom. The maximum Gasteiger partial charge on any atom is 0.238 e. The summed E-state index contributed by atoms with van der Waals surface area (Å²) in [6.07, 6.45) is 0.838. The van der Waals surface area contributed by atoms with Crippen LogP contribution in [0.15, 0.2) is 17.0 Å². The van der Waals surface area contributed by atoms with Crippen molar-refractivity contribution in [1.82, 2.24) is 0 Å². The number of carbonyl (C=O) groups is 1. The molecule has 0 spiro atoms. The molecule has 1 amide bonds. The van der Waals surface area contributed by atoms with Gasteiger partial charge in [-0.05, 0) is 36.5 Å². The zero-order valence-electron chi connectivity index (χ0n) is 11.5. The molecule has 3 N–H and O–H groups in total. The van der Waals surface area contributed by atoms with Crippen LogP contribution in [0.2, 0.25) is 5.02 Å². The molecular weight excluding hydrogens is 300 g/mol. The second-order valence-corrected chi connectivity index (χ2v) is 7.85. The van der Waals surface area contributed by atoms with E-state index in [-0.39, 0.29) is 27.2 Å². The highest BCUT2D eigenvalue weighted by atomic mass is 35.5. The predicted octanol–water partition coefficient (Wildman–Crippen LogP) is 2.28. The van der Waals surface area contributed by atoms with Crippen LogP contribution in [-0.4, -0.2) is 14.3 Å². The van der Waals surface area contributed by atoms with Gasteiger partial charge in [0, 0.05) is 5.92 Å². The first kappa shape index (κ1) is 15.3. The quantitative estimate of drug-likeness (QED) is 0.896. The SMILES string of the molecule is Cc1cc(S(N)(=O)=O)cc(Cl)c1NC(=O)C1CC1(C)C. The van der Waals surface area contributed by atoms with Gasteiger partial charge in [-0.2, -0.15) is 0 Å². The first-order valence-electron chi connectivity index (χ1n) is 6.16. The molecule has 0 bridgehead atoms. The van der Waals surface area contributed by atoms with Gasteiger partial charge in [-0.3, -0.25) is 4.79 Å². The molecule has 2 rings (SSSR count). The summed E-state index contributed by atoms with van der Waals surface area (Å²) in [5, 5.41) is 8.00. The summed E-state index contributed by atoms with van der Waals surface area (Å²) in [6, 6.07) is 2.65. The van der Waals surface area contributed by atoms with E-state index in [1.54, 1.807) is 6.92 Å². The minimum Gasteiger partial charge on any atom is -0.324 e. The topological polar surface area (TPSA) is 89.3 Å². The van der Waals surface area contributed by atoms with Crippen LogP contribution in [0.1, 0.15) is 25.8 Å². The van der Waals surface area contributed by atoms with Gasteiger partial charge in [0.05, 0.1) is 15.6 Å². The van der Waals surface area contributed by atoms with Crippen molar-refractivity contribution in [3.63, 3.8) is 0 Å². The maximum absolute atomic E-state index is 12.1. The second kappa shape index (κ2) is 4.72. The normalized spacial score (nSPS) is 20.6. The van der Waals surface area contributed by atoms with Crippen molar-refractivity contribution < 1.29 is 13.2 Å². The molecule has 0 aromatic heterocycles. The molecule has 1 unspecified atom stereocenters. The van der Waals surface area contributed by atoms with Crippen molar-refractivity contribution >= 4 is 33.2 Å². The van der Waals surface area contributed by atoms with Crippen LogP contribution in [-0.2, 0) is 14.8 Å². The van der Waals surface area contributed by atoms with Gasteiger partial charge in [-0.25, -0.2) is 13.6 Å².